The molecule has 0 saturated heterocycles. The second-order valence-corrected chi connectivity index (χ2v) is 10.7. The number of aryl methyl sites for hydroxylation is 1. The van der Waals surface area contributed by atoms with Crippen molar-refractivity contribution in [2.24, 2.45) is 0 Å². The Morgan fingerprint density at radius 1 is 1.09 bits per heavy atom. The molecule has 2 heterocycles. The standard InChI is InChI=1S/C24H19ClN2O4S2/c1-26-19-13-17(16-5-3-2-4-6-16)7-9-21(19)31-23(26)15-24-27(11-12-33(28,29)30)20-14-18(25)8-10-22(20)32-24/h2-10,13-15H,11-12H2,1H3. The van der Waals surface area contributed by atoms with Crippen LogP contribution in [0.2, 0.25) is 5.02 Å². The van der Waals surface area contributed by atoms with Gasteiger partial charge in [-0.25, -0.2) is 8.42 Å². The molecule has 0 atom stereocenters. The normalized spacial score (nSPS) is 14.6. The fourth-order valence-corrected chi connectivity index (χ4v) is 5.49. The van der Waals surface area contributed by atoms with E-state index >= 15 is 0 Å². The molecule has 0 saturated carbocycles. The summed E-state index contributed by atoms with van der Waals surface area (Å²) in [4.78, 5) is 1.95. The van der Waals surface area contributed by atoms with Gasteiger partial charge in [0.15, 0.2) is 12.3 Å². The van der Waals surface area contributed by atoms with Gasteiger partial charge in [0.2, 0.25) is 11.4 Å². The maximum Gasteiger partial charge on any atom is 0.268 e. The van der Waals surface area contributed by atoms with Crippen molar-refractivity contribution in [2.75, 3.05) is 17.7 Å². The van der Waals surface area contributed by atoms with Crippen LogP contribution in [0.4, 0.5) is 5.69 Å². The van der Waals surface area contributed by atoms with Crippen molar-refractivity contribution in [2.45, 2.75) is 6.54 Å². The molecule has 0 spiro atoms. The van der Waals surface area contributed by atoms with Crippen molar-refractivity contribution in [1.82, 2.24) is 0 Å². The minimum absolute atomic E-state index is 0.0279. The SMILES string of the molecule is CN1/C(=C/c2sc3ccc(Cl)cc3[n+]2CCS(=O)(=O)[O-])Oc2ccc(-c3ccccc3)cc21. The number of halogens is 1. The van der Waals surface area contributed by atoms with Gasteiger partial charge in [0.1, 0.15) is 14.8 Å². The Balaban J connectivity index is 1.54. The highest BCUT2D eigenvalue weighted by atomic mass is 35.5. The quantitative estimate of drug-likeness (QED) is 0.289. The molecule has 168 valence electrons. The molecule has 33 heavy (non-hydrogen) atoms. The third-order valence-corrected chi connectivity index (χ3v) is 7.51. The second kappa shape index (κ2) is 8.46. The predicted octanol–water partition coefficient (Wildman–Crippen LogP) is 4.88. The fourth-order valence-electron chi connectivity index (χ4n) is 3.82. The van der Waals surface area contributed by atoms with Crippen molar-refractivity contribution in [3.05, 3.63) is 82.6 Å². The number of ether oxygens (including phenoxy) is 1. The molecule has 0 N–H and O–H groups in total. The second-order valence-electron chi connectivity index (χ2n) is 7.66. The Bertz CT molecular complexity index is 1500. The molecule has 0 fully saturated rings. The monoisotopic (exact) mass is 498 g/mol. The van der Waals surface area contributed by atoms with Gasteiger partial charge in [-0.2, -0.15) is 4.57 Å². The van der Waals surface area contributed by atoms with Gasteiger partial charge >= 0.3 is 0 Å². The number of aromatic nitrogens is 1. The van der Waals surface area contributed by atoms with Gasteiger partial charge in [-0.15, -0.1) is 0 Å². The van der Waals surface area contributed by atoms with E-state index in [-0.39, 0.29) is 6.54 Å². The lowest BCUT2D eigenvalue weighted by Gasteiger charge is -2.11. The van der Waals surface area contributed by atoms with Crippen LogP contribution in [-0.4, -0.2) is 25.8 Å². The maximum absolute atomic E-state index is 11.3. The Hall–Kier alpha value is -2.91. The third kappa shape index (κ3) is 4.47. The van der Waals surface area contributed by atoms with Gasteiger partial charge in [0.05, 0.1) is 17.5 Å². The molecule has 6 nitrogen and oxygen atoms in total. The van der Waals surface area contributed by atoms with Gasteiger partial charge in [-0.3, -0.25) is 0 Å². The van der Waals surface area contributed by atoms with Gasteiger partial charge in [-0.05, 0) is 35.4 Å². The van der Waals surface area contributed by atoms with E-state index in [2.05, 4.69) is 18.2 Å². The Morgan fingerprint density at radius 3 is 2.64 bits per heavy atom. The zero-order chi connectivity index (χ0) is 23.2. The Morgan fingerprint density at radius 2 is 1.88 bits per heavy atom. The molecule has 0 amide bonds. The highest BCUT2D eigenvalue weighted by Crippen LogP contribution is 2.41. The smallest absolute Gasteiger partial charge is 0.268 e. The van der Waals surface area contributed by atoms with Crippen molar-refractivity contribution in [3.63, 3.8) is 0 Å². The van der Waals surface area contributed by atoms with E-state index in [1.165, 1.54) is 11.3 Å². The van der Waals surface area contributed by atoms with E-state index < -0.39 is 15.9 Å². The van der Waals surface area contributed by atoms with Gasteiger partial charge in [0.25, 0.3) is 5.01 Å². The molecule has 5 rings (SSSR count). The third-order valence-electron chi connectivity index (χ3n) is 5.48. The van der Waals surface area contributed by atoms with Crippen LogP contribution < -0.4 is 14.2 Å². The van der Waals surface area contributed by atoms with Crippen molar-refractivity contribution >= 4 is 55.0 Å². The highest BCUT2D eigenvalue weighted by Gasteiger charge is 2.27. The number of rotatable bonds is 5. The first-order chi connectivity index (χ1) is 15.8. The van der Waals surface area contributed by atoms with E-state index in [4.69, 9.17) is 16.3 Å². The van der Waals surface area contributed by atoms with E-state index in [0.717, 1.165) is 37.8 Å². The molecule has 9 heteroatoms. The van der Waals surface area contributed by atoms with Crippen molar-refractivity contribution in [3.8, 4) is 16.9 Å². The molecule has 1 aliphatic rings. The molecule has 3 aromatic carbocycles. The van der Waals surface area contributed by atoms with Gasteiger partial charge in [-0.1, -0.05) is 59.3 Å². The van der Waals surface area contributed by atoms with E-state index in [0.29, 0.717) is 10.9 Å². The number of benzene rings is 3. The Kier molecular flexibility index (Phi) is 5.62. The summed E-state index contributed by atoms with van der Waals surface area (Å²) in [6.45, 7) is 0.0279. The Labute approximate surface area is 200 Å². The summed E-state index contributed by atoms with van der Waals surface area (Å²) in [6.07, 6.45) is 1.86. The zero-order valence-corrected chi connectivity index (χ0v) is 20.0. The predicted molar refractivity (Wildman–Crippen MR) is 130 cm³/mol. The maximum atomic E-state index is 11.3. The van der Waals surface area contributed by atoms with E-state index in [1.807, 2.05) is 54.4 Å². The lowest BCUT2D eigenvalue weighted by Crippen LogP contribution is -2.38. The number of anilines is 1. The van der Waals surface area contributed by atoms with Crippen LogP contribution in [0.25, 0.3) is 27.4 Å². The first-order valence-electron chi connectivity index (χ1n) is 10.2. The fraction of sp³-hybridized carbons (Fsp3) is 0.125. The summed E-state index contributed by atoms with van der Waals surface area (Å²) in [5.74, 6) is 0.830. The summed E-state index contributed by atoms with van der Waals surface area (Å²) in [5.41, 5.74) is 3.90. The molecule has 4 aromatic rings. The average molecular weight is 499 g/mol. The van der Waals surface area contributed by atoms with Crippen molar-refractivity contribution < 1.29 is 22.3 Å². The minimum Gasteiger partial charge on any atom is -0.748 e. The molecule has 1 aliphatic heterocycles. The number of hydrogen-bond donors (Lipinski definition) is 0. The summed E-state index contributed by atoms with van der Waals surface area (Å²) in [5, 5.41) is 1.29. The van der Waals surface area contributed by atoms with Crippen molar-refractivity contribution in [1.29, 1.82) is 0 Å². The van der Waals surface area contributed by atoms with E-state index in [9.17, 15) is 13.0 Å². The van der Waals surface area contributed by atoms with Crippen LogP contribution >= 0.6 is 22.9 Å². The van der Waals surface area contributed by atoms with E-state index in [1.54, 1.807) is 16.7 Å². The van der Waals surface area contributed by atoms with Crippen LogP contribution in [0, 0.1) is 0 Å². The first-order valence-corrected chi connectivity index (χ1v) is 12.9. The number of hydrogen-bond acceptors (Lipinski definition) is 6. The largest absolute Gasteiger partial charge is 0.748 e. The molecule has 1 aromatic heterocycles. The topological polar surface area (TPSA) is 73.6 Å². The van der Waals surface area contributed by atoms with Gasteiger partial charge < -0.3 is 14.2 Å². The molecule has 0 unspecified atom stereocenters. The minimum atomic E-state index is -4.37. The molecule has 0 radical (unpaired) electrons. The lowest BCUT2D eigenvalue weighted by molar-refractivity contribution is -0.664. The first kappa shape index (κ1) is 21.9. The molecular formula is C24H19ClN2O4S2. The molecule has 0 bridgehead atoms. The zero-order valence-electron chi connectivity index (χ0n) is 17.6. The number of thiazole rings is 1. The van der Waals surface area contributed by atoms with Crippen LogP contribution in [0.15, 0.2) is 72.6 Å². The van der Waals surface area contributed by atoms with Crippen LogP contribution in [0.3, 0.4) is 0 Å². The summed E-state index contributed by atoms with van der Waals surface area (Å²) in [7, 11) is -2.45. The summed E-state index contributed by atoms with van der Waals surface area (Å²) >= 11 is 7.65. The molecular weight excluding hydrogens is 480 g/mol. The summed E-state index contributed by atoms with van der Waals surface area (Å²) < 4.78 is 42.7. The van der Waals surface area contributed by atoms with Crippen LogP contribution in [0.5, 0.6) is 5.75 Å². The summed E-state index contributed by atoms with van der Waals surface area (Å²) in [6, 6.07) is 21.6. The highest BCUT2D eigenvalue weighted by molar-refractivity contribution is 7.85. The average Bonchev–Trinajstić information content (AvgIpc) is 3.28. The van der Waals surface area contributed by atoms with Crippen LogP contribution in [-0.2, 0) is 16.7 Å². The number of fused-ring (bicyclic) bond motifs is 2. The number of nitrogens with zero attached hydrogens (tertiary/aromatic N) is 2. The molecule has 0 aliphatic carbocycles. The van der Waals surface area contributed by atoms with Crippen LogP contribution in [0.1, 0.15) is 5.01 Å². The lowest BCUT2D eigenvalue weighted by atomic mass is 10.0. The van der Waals surface area contributed by atoms with Gasteiger partial charge in [0, 0.05) is 18.1 Å².